The van der Waals surface area contributed by atoms with Crippen LogP contribution in [0.25, 0.3) is 0 Å². The van der Waals surface area contributed by atoms with Gasteiger partial charge in [0.15, 0.2) is 0 Å². The predicted molar refractivity (Wildman–Crippen MR) is 127 cm³/mol. The summed E-state index contributed by atoms with van der Waals surface area (Å²) in [6.07, 6.45) is 7.93. The molecule has 5 heteroatoms. The van der Waals surface area contributed by atoms with E-state index in [9.17, 15) is 4.79 Å². The SMILES string of the molecule is O=C(c1cccc(Cl)c1)N1CCN(c2ccc3c(c2)CCN(C2CCCC2)CC3)CC1. The molecule has 31 heavy (non-hydrogen) atoms. The van der Waals surface area contributed by atoms with Crippen molar-refractivity contribution in [2.24, 2.45) is 0 Å². The molecular weight excluding hydrogens is 406 g/mol. The molecule has 0 aromatic heterocycles. The van der Waals surface area contributed by atoms with Gasteiger partial charge < -0.3 is 9.80 Å². The summed E-state index contributed by atoms with van der Waals surface area (Å²) >= 11 is 6.06. The summed E-state index contributed by atoms with van der Waals surface area (Å²) in [5.74, 6) is 0.0797. The van der Waals surface area contributed by atoms with Gasteiger partial charge in [0.05, 0.1) is 0 Å². The lowest BCUT2D eigenvalue weighted by atomic mass is 10.0. The fraction of sp³-hybridized carbons (Fsp3) is 0.500. The van der Waals surface area contributed by atoms with Gasteiger partial charge in [0.25, 0.3) is 5.91 Å². The van der Waals surface area contributed by atoms with E-state index in [-0.39, 0.29) is 5.91 Å². The van der Waals surface area contributed by atoms with Crippen molar-refractivity contribution in [3.8, 4) is 0 Å². The number of amides is 1. The zero-order chi connectivity index (χ0) is 21.2. The van der Waals surface area contributed by atoms with Gasteiger partial charge in [-0.15, -0.1) is 0 Å². The van der Waals surface area contributed by atoms with Crippen LogP contribution in [0.3, 0.4) is 0 Å². The summed E-state index contributed by atoms with van der Waals surface area (Å²) < 4.78 is 0. The quantitative estimate of drug-likeness (QED) is 0.699. The highest BCUT2D eigenvalue weighted by Crippen LogP contribution is 2.28. The first-order valence-corrected chi connectivity index (χ1v) is 12.2. The fourth-order valence-electron chi connectivity index (χ4n) is 5.53. The van der Waals surface area contributed by atoms with Gasteiger partial charge in [0, 0.05) is 61.6 Å². The molecule has 164 valence electrons. The first-order chi connectivity index (χ1) is 15.2. The maximum atomic E-state index is 12.8. The Kier molecular flexibility index (Phi) is 6.20. The molecule has 0 radical (unpaired) electrons. The highest BCUT2D eigenvalue weighted by molar-refractivity contribution is 6.30. The second-order valence-corrected chi connectivity index (χ2v) is 9.65. The molecule has 0 N–H and O–H groups in total. The number of carbonyl (C=O) groups excluding carboxylic acids is 1. The van der Waals surface area contributed by atoms with E-state index in [1.807, 2.05) is 23.1 Å². The molecule has 5 rings (SSSR count). The van der Waals surface area contributed by atoms with E-state index >= 15 is 0 Å². The standard InChI is InChI=1S/C26H32ClN3O/c27-23-5-3-4-22(18-23)26(31)30-16-14-29(15-17-30)25-9-8-20-10-12-28(13-11-21(20)19-25)24-6-1-2-7-24/h3-5,8-9,18-19,24H,1-2,6-7,10-17H2. The third-order valence-electron chi connectivity index (χ3n) is 7.37. The van der Waals surface area contributed by atoms with Gasteiger partial charge in [-0.05, 0) is 67.1 Å². The molecule has 2 aliphatic heterocycles. The third kappa shape index (κ3) is 4.61. The Hall–Kier alpha value is -2.04. The summed E-state index contributed by atoms with van der Waals surface area (Å²) in [5.41, 5.74) is 5.04. The monoisotopic (exact) mass is 437 g/mol. The molecule has 2 aromatic carbocycles. The Morgan fingerprint density at radius 1 is 0.839 bits per heavy atom. The minimum absolute atomic E-state index is 0.0797. The number of anilines is 1. The van der Waals surface area contributed by atoms with Crippen LogP contribution >= 0.6 is 11.6 Å². The molecule has 2 fully saturated rings. The summed E-state index contributed by atoms with van der Waals surface area (Å²) in [6, 6.07) is 15.1. The molecule has 2 heterocycles. The zero-order valence-corrected chi connectivity index (χ0v) is 19.0. The van der Waals surface area contributed by atoms with Crippen LogP contribution in [0.4, 0.5) is 5.69 Å². The van der Waals surface area contributed by atoms with Crippen LogP contribution < -0.4 is 4.90 Å². The van der Waals surface area contributed by atoms with Crippen LogP contribution in [-0.2, 0) is 12.8 Å². The molecule has 0 bridgehead atoms. The number of piperazine rings is 1. The topological polar surface area (TPSA) is 26.8 Å². The van der Waals surface area contributed by atoms with Crippen molar-refractivity contribution in [3.63, 3.8) is 0 Å². The second-order valence-electron chi connectivity index (χ2n) is 9.22. The maximum Gasteiger partial charge on any atom is 0.254 e. The van der Waals surface area contributed by atoms with Crippen LogP contribution in [0.2, 0.25) is 5.02 Å². The van der Waals surface area contributed by atoms with Gasteiger partial charge >= 0.3 is 0 Å². The number of fused-ring (bicyclic) bond motifs is 1. The van der Waals surface area contributed by atoms with Crippen LogP contribution in [0.5, 0.6) is 0 Å². The summed E-state index contributed by atoms with van der Waals surface area (Å²) in [6.45, 7) is 5.65. The Bertz CT molecular complexity index is 932. The normalized spacial score (nSPS) is 20.5. The van der Waals surface area contributed by atoms with E-state index in [1.165, 1.54) is 62.0 Å². The number of rotatable bonds is 3. The molecule has 0 unspecified atom stereocenters. The van der Waals surface area contributed by atoms with Gasteiger partial charge in [-0.25, -0.2) is 0 Å². The van der Waals surface area contributed by atoms with E-state index in [1.54, 1.807) is 6.07 Å². The van der Waals surface area contributed by atoms with Crippen LogP contribution in [0, 0.1) is 0 Å². The molecule has 0 spiro atoms. The fourth-order valence-corrected chi connectivity index (χ4v) is 5.72. The number of halogens is 1. The van der Waals surface area contributed by atoms with Crippen molar-refractivity contribution < 1.29 is 4.79 Å². The summed E-state index contributed by atoms with van der Waals surface area (Å²) in [5, 5.41) is 0.612. The summed E-state index contributed by atoms with van der Waals surface area (Å²) in [4.78, 5) is 19.9. The Morgan fingerprint density at radius 2 is 1.58 bits per heavy atom. The molecule has 2 aromatic rings. The Labute approximate surface area is 190 Å². The largest absolute Gasteiger partial charge is 0.368 e. The smallest absolute Gasteiger partial charge is 0.254 e. The number of hydrogen-bond acceptors (Lipinski definition) is 3. The lowest BCUT2D eigenvalue weighted by molar-refractivity contribution is 0.0747. The molecule has 0 atom stereocenters. The van der Waals surface area contributed by atoms with E-state index in [4.69, 9.17) is 11.6 Å². The van der Waals surface area contributed by atoms with E-state index in [0.29, 0.717) is 10.6 Å². The van der Waals surface area contributed by atoms with Crippen LogP contribution in [0.15, 0.2) is 42.5 Å². The average molecular weight is 438 g/mol. The molecule has 3 aliphatic rings. The van der Waals surface area contributed by atoms with Crippen molar-refractivity contribution in [2.45, 2.75) is 44.6 Å². The summed E-state index contributed by atoms with van der Waals surface area (Å²) in [7, 11) is 0. The third-order valence-corrected chi connectivity index (χ3v) is 7.61. The van der Waals surface area contributed by atoms with Crippen molar-refractivity contribution in [3.05, 3.63) is 64.2 Å². The molecule has 1 saturated heterocycles. The Morgan fingerprint density at radius 3 is 2.32 bits per heavy atom. The maximum absolute atomic E-state index is 12.8. The highest BCUT2D eigenvalue weighted by atomic mass is 35.5. The van der Waals surface area contributed by atoms with Gasteiger partial charge in [0.2, 0.25) is 0 Å². The Balaban J connectivity index is 1.21. The van der Waals surface area contributed by atoms with E-state index in [0.717, 1.165) is 38.6 Å². The van der Waals surface area contributed by atoms with Crippen molar-refractivity contribution in [1.29, 1.82) is 0 Å². The number of carbonyl (C=O) groups is 1. The highest BCUT2D eigenvalue weighted by Gasteiger charge is 2.26. The molecule has 1 amide bonds. The van der Waals surface area contributed by atoms with Gasteiger partial charge in [-0.3, -0.25) is 9.69 Å². The minimum atomic E-state index is 0.0797. The van der Waals surface area contributed by atoms with Crippen LogP contribution in [-0.4, -0.2) is 61.0 Å². The molecular formula is C26H32ClN3O. The minimum Gasteiger partial charge on any atom is -0.368 e. The van der Waals surface area contributed by atoms with Crippen molar-refractivity contribution in [2.75, 3.05) is 44.2 Å². The average Bonchev–Trinajstić information content (AvgIpc) is 3.26. The second kappa shape index (κ2) is 9.22. The van der Waals surface area contributed by atoms with Crippen LogP contribution in [0.1, 0.15) is 47.2 Å². The van der Waals surface area contributed by atoms with E-state index in [2.05, 4.69) is 28.0 Å². The molecule has 1 aliphatic carbocycles. The number of nitrogens with zero attached hydrogens (tertiary/aromatic N) is 3. The van der Waals surface area contributed by atoms with Crippen molar-refractivity contribution >= 4 is 23.2 Å². The lowest BCUT2D eigenvalue weighted by Crippen LogP contribution is -2.48. The number of benzene rings is 2. The molecule has 1 saturated carbocycles. The molecule has 4 nitrogen and oxygen atoms in total. The predicted octanol–water partition coefficient (Wildman–Crippen LogP) is 4.65. The van der Waals surface area contributed by atoms with Crippen molar-refractivity contribution in [1.82, 2.24) is 9.80 Å². The lowest BCUT2D eigenvalue weighted by Gasteiger charge is -2.36. The van der Waals surface area contributed by atoms with Gasteiger partial charge in [-0.1, -0.05) is 36.6 Å². The first kappa shape index (κ1) is 20.8. The first-order valence-electron chi connectivity index (χ1n) is 11.8. The van der Waals surface area contributed by atoms with Gasteiger partial charge in [0.1, 0.15) is 0 Å². The van der Waals surface area contributed by atoms with E-state index < -0.39 is 0 Å². The van der Waals surface area contributed by atoms with Gasteiger partial charge in [-0.2, -0.15) is 0 Å². The number of hydrogen-bond donors (Lipinski definition) is 0. The zero-order valence-electron chi connectivity index (χ0n) is 18.2.